The van der Waals surface area contributed by atoms with Gasteiger partial charge in [0, 0.05) is 25.6 Å². The minimum absolute atomic E-state index is 0.247. The predicted molar refractivity (Wildman–Crippen MR) is 48.6 cm³/mol. The van der Waals surface area contributed by atoms with Crippen LogP contribution >= 0.6 is 0 Å². The molecule has 0 radical (unpaired) electrons. The Labute approximate surface area is 73.9 Å². The second-order valence-corrected chi connectivity index (χ2v) is 3.75. The second kappa shape index (κ2) is 3.90. The minimum atomic E-state index is 0.247. The highest BCUT2D eigenvalue weighted by atomic mass is 16.2. The van der Waals surface area contributed by atoms with Crippen molar-refractivity contribution >= 4 is 5.91 Å². The maximum atomic E-state index is 11.6. The van der Waals surface area contributed by atoms with E-state index in [-0.39, 0.29) is 5.92 Å². The minimum Gasteiger partial charge on any atom is -0.341 e. The van der Waals surface area contributed by atoms with Gasteiger partial charge in [-0.05, 0) is 12.3 Å². The largest absolute Gasteiger partial charge is 0.341 e. The topological polar surface area (TPSA) is 46.3 Å². The number of nitrogens with zero attached hydrogens (tertiary/aromatic N) is 1. The van der Waals surface area contributed by atoms with E-state index >= 15 is 0 Å². The Morgan fingerprint density at radius 3 is 2.75 bits per heavy atom. The molecular formula is C9H18N2O. The zero-order valence-electron chi connectivity index (χ0n) is 7.92. The van der Waals surface area contributed by atoms with Crippen LogP contribution in [0.5, 0.6) is 0 Å². The summed E-state index contributed by atoms with van der Waals surface area (Å²) in [5.74, 6) is 1.02. The molecule has 12 heavy (non-hydrogen) atoms. The molecule has 0 aromatic heterocycles. The van der Waals surface area contributed by atoms with E-state index in [1.54, 1.807) is 0 Å². The van der Waals surface area contributed by atoms with Crippen LogP contribution in [0.25, 0.3) is 0 Å². The number of rotatable bonds is 3. The Morgan fingerprint density at radius 2 is 2.33 bits per heavy atom. The van der Waals surface area contributed by atoms with Gasteiger partial charge in [0.1, 0.15) is 0 Å². The van der Waals surface area contributed by atoms with E-state index in [2.05, 4.69) is 13.8 Å². The number of nitrogens with two attached hydrogens (primary N) is 1. The average molecular weight is 170 g/mol. The molecule has 1 saturated heterocycles. The van der Waals surface area contributed by atoms with Crippen molar-refractivity contribution in [1.29, 1.82) is 0 Å². The van der Waals surface area contributed by atoms with Gasteiger partial charge in [0.05, 0.1) is 0 Å². The summed E-state index contributed by atoms with van der Waals surface area (Å²) in [6.45, 7) is 6.42. The fraction of sp³-hybridized carbons (Fsp3) is 0.889. The van der Waals surface area contributed by atoms with E-state index < -0.39 is 0 Å². The summed E-state index contributed by atoms with van der Waals surface area (Å²) in [4.78, 5) is 13.5. The molecule has 1 aliphatic rings. The van der Waals surface area contributed by atoms with Gasteiger partial charge in [-0.25, -0.2) is 0 Å². The van der Waals surface area contributed by atoms with Gasteiger partial charge in [0.15, 0.2) is 0 Å². The Morgan fingerprint density at radius 1 is 1.67 bits per heavy atom. The lowest BCUT2D eigenvalue weighted by molar-refractivity contribution is -0.131. The molecule has 0 spiro atoms. The maximum absolute atomic E-state index is 11.6. The first-order chi connectivity index (χ1) is 5.66. The van der Waals surface area contributed by atoms with E-state index in [0.717, 1.165) is 19.5 Å². The molecule has 0 bridgehead atoms. The molecular weight excluding hydrogens is 152 g/mol. The maximum Gasteiger partial charge on any atom is 0.226 e. The predicted octanol–water partition coefficient (Wildman–Crippen LogP) is 0.450. The SMILES string of the molecule is CC(C)C1CCN(CCN)C1=O. The second-order valence-electron chi connectivity index (χ2n) is 3.75. The van der Waals surface area contributed by atoms with Gasteiger partial charge in [0.2, 0.25) is 5.91 Å². The van der Waals surface area contributed by atoms with Crippen molar-refractivity contribution in [1.82, 2.24) is 4.90 Å². The Hall–Kier alpha value is -0.570. The van der Waals surface area contributed by atoms with Crippen LogP contribution in [0.4, 0.5) is 0 Å². The van der Waals surface area contributed by atoms with Gasteiger partial charge >= 0.3 is 0 Å². The quantitative estimate of drug-likeness (QED) is 0.668. The number of carbonyl (C=O) groups is 1. The van der Waals surface area contributed by atoms with Gasteiger partial charge < -0.3 is 10.6 Å². The molecule has 1 unspecified atom stereocenters. The zero-order valence-corrected chi connectivity index (χ0v) is 7.92. The molecule has 2 N–H and O–H groups in total. The van der Waals surface area contributed by atoms with Crippen molar-refractivity contribution in [3.8, 4) is 0 Å². The summed E-state index contributed by atoms with van der Waals surface area (Å²) in [5, 5.41) is 0. The van der Waals surface area contributed by atoms with Crippen LogP contribution in [0.3, 0.4) is 0 Å². The number of hydrogen-bond acceptors (Lipinski definition) is 2. The van der Waals surface area contributed by atoms with E-state index in [4.69, 9.17) is 5.73 Å². The number of likely N-dealkylation sites (tertiary alicyclic amines) is 1. The Kier molecular flexibility index (Phi) is 3.09. The number of carbonyl (C=O) groups excluding carboxylic acids is 1. The van der Waals surface area contributed by atoms with Crippen molar-refractivity contribution < 1.29 is 4.79 Å². The summed E-state index contributed by atoms with van der Waals surface area (Å²) in [6.07, 6.45) is 1.01. The van der Waals surface area contributed by atoms with Crippen LogP contribution < -0.4 is 5.73 Å². The molecule has 0 aliphatic carbocycles. The third-order valence-corrected chi connectivity index (χ3v) is 2.54. The van der Waals surface area contributed by atoms with Gasteiger partial charge in [-0.15, -0.1) is 0 Å². The van der Waals surface area contributed by atoms with Gasteiger partial charge in [-0.3, -0.25) is 4.79 Å². The van der Waals surface area contributed by atoms with Crippen molar-refractivity contribution in [3.05, 3.63) is 0 Å². The molecule has 1 atom stereocenters. The highest BCUT2D eigenvalue weighted by molar-refractivity contribution is 5.81. The molecule has 0 aromatic carbocycles. The molecule has 70 valence electrons. The van der Waals surface area contributed by atoms with Crippen molar-refractivity contribution in [3.63, 3.8) is 0 Å². The highest BCUT2D eigenvalue weighted by Gasteiger charge is 2.32. The summed E-state index contributed by atoms with van der Waals surface area (Å²) >= 11 is 0. The van der Waals surface area contributed by atoms with Crippen LogP contribution in [-0.2, 0) is 4.79 Å². The van der Waals surface area contributed by atoms with Crippen LogP contribution in [-0.4, -0.2) is 30.4 Å². The molecule has 0 aromatic rings. The molecule has 1 fully saturated rings. The molecule has 1 rings (SSSR count). The average Bonchev–Trinajstić information content (AvgIpc) is 2.34. The van der Waals surface area contributed by atoms with E-state index in [1.807, 2.05) is 4.90 Å². The lowest BCUT2D eigenvalue weighted by Gasteiger charge is -2.16. The summed E-state index contributed by atoms with van der Waals surface area (Å²) in [7, 11) is 0. The third-order valence-electron chi connectivity index (χ3n) is 2.54. The standard InChI is InChI=1S/C9H18N2O/c1-7(2)8-3-5-11(6-4-10)9(8)12/h7-8H,3-6,10H2,1-2H3. The van der Waals surface area contributed by atoms with Crippen molar-refractivity contribution in [2.45, 2.75) is 20.3 Å². The molecule has 1 heterocycles. The lowest BCUT2D eigenvalue weighted by atomic mass is 9.95. The van der Waals surface area contributed by atoms with Crippen LogP contribution in [0, 0.1) is 11.8 Å². The first-order valence-electron chi connectivity index (χ1n) is 4.65. The fourth-order valence-electron chi connectivity index (χ4n) is 1.76. The first-order valence-corrected chi connectivity index (χ1v) is 4.65. The molecule has 0 saturated carbocycles. The smallest absolute Gasteiger partial charge is 0.226 e. The zero-order chi connectivity index (χ0) is 9.14. The number of amides is 1. The molecule has 3 heteroatoms. The first kappa shape index (κ1) is 9.52. The van der Waals surface area contributed by atoms with Crippen LogP contribution in [0.2, 0.25) is 0 Å². The number of hydrogen-bond donors (Lipinski definition) is 1. The van der Waals surface area contributed by atoms with Crippen LogP contribution in [0.15, 0.2) is 0 Å². The monoisotopic (exact) mass is 170 g/mol. The van der Waals surface area contributed by atoms with Gasteiger partial charge in [0.25, 0.3) is 0 Å². The molecule has 1 amide bonds. The highest BCUT2D eigenvalue weighted by Crippen LogP contribution is 2.24. The van der Waals surface area contributed by atoms with E-state index in [1.165, 1.54) is 0 Å². The molecule has 3 nitrogen and oxygen atoms in total. The third kappa shape index (κ3) is 1.78. The summed E-state index contributed by atoms with van der Waals surface area (Å²) in [6, 6.07) is 0. The Balaban J connectivity index is 2.49. The lowest BCUT2D eigenvalue weighted by Crippen LogP contribution is -2.33. The molecule has 1 aliphatic heterocycles. The fourth-order valence-corrected chi connectivity index (χ4v) is 1.76. The van der Waals surface area contributed by atoms with Crippen molar-refractivity contribution in [2.75, 3.05) is 19.6 Å². The summed E-state index contributed by atoms with van der Waals surface area (Å²) in [5.41, 5.74) is 5.40. The summed E-state index contributed by atoms with van der Waals surface area (Å²) < 4.78 is 0. The Bertz CT molecular complexity index is 168. The normalized spacial score (nSPS) is 24.2. The van der Waals surface area contributed by atoms with E-state index in [0.29, 0.717) is 18.4 Å². The van der Waals surface area contributed by atoms with Crippen molar-refractivity contribution in [2.24, 2.45) is 17.6 Å². The van der Waals surface area contributed by atoms with Crippen LogP contribution in [0.1, 0.15) is 20.3 Å². The van der Waals surface area contributed by atoms with Gasteiger partial charge in [-0.2, -0.15) is 0 Å². The van der Waals surface area contributed by atoms with Gasteiger partial charge in [-0.1, -0.05) is 13.8 Å². The van der Waals surface area contributed by atoms with E-state index in [9.17, 15) is 4.79 Å².